The van der Waals surface area contributed by atoms with Crippen molar-refractivity contribution in [3.05, 3.63) is 9.77 Å². The van der Waals surface area contributed by atoms with Crippen LogP contribution in [-0.2, 0) is 0 Å². The van der Waals surface area contributed by atoms with Crippen LogP contribution >= 0.6 is 22.6 Å². The lowest BCUT2D eigenvalue weighted by Crippen LogP contribution is -2.22. The van der Waals surface area contributed by atoms with Gasteiger partial charge in [0.25, 0.3) is 0 Å². The predicted octanol–water partition coefficient (Wildman–Crippen LogP) is 1.33. The maximum atomic E-state index is 5.95. The largest absolute Gasteiger partial charge is 0.383 e. The number of aromatic nitrogens is 2. The monoisotopic (exact) mass is 306 g/mol. The number of halogens is 1. The SMILES string of the molecule is CC1CC(n2ncc(I)c2N)CN1C. The molecule has 0 aliphatic carbocycles. The molecule has 78 valence electrons. The first-order valence-corrected chi connectivity index (χ1v) is 5.86. The van der Waals surface area contributed by atoms with Gasteiger partial charge in [0.15, 0.2) is 0 Å². The first-order valence-electron chi connectivity index (χ1n) is 4.78. The second-order valence-corrected chi connectivity index (χ2v) is 5.16. The van der Waals surface area contributed by atoms with Crippen LogP contribution in [0.4, 0.5) is 5.82 Å². The third-order valence-electron chi connectivity index (χ3n) is 3.00. The molecule has 0 bridgehead atoms. The first-order chi connectivity index (χ1) is 6.59. The smallest absolute Gasteiger partial charge is 0.135 e. The van der Waals surface area contributed by atoms with E-state index in [-0.39, 0.29) is 0 Å². The number of anilines is 1. The Bertz CT molecular complexity index is 326. The zero-order valence-electron chi connectivity index (χ0n) is 8.44. The number of hydrogen-bond donors (Lipinski definition) is 1. The predicted molar refractivity (Wildman–Crippen MR) is 65.1 cm³/mol. The highest BCUT2D eigenvalue weighted by molar-refractivity contribution is 14.1. The van der Waals surface area contributed by atoms with E-state index >= 15 is 0 Å². The van der Waals surface area contributed by atoms with Crippen LogP contribution in [0, 0.1) is 3.57 Å². The van der Waals surface area contributed by atoms with Gasteiger partial charge in [0.2, 0.25) is 0 Å². The summed E-state index contributed by atoms with van der Waals surface area (Å²) in [5, 5.41) is 4.32. The minimum atomic E-state index is 0.443. The zero-order valence-corrected chi connectivity index (χ0v) is 10.6. The molecule has 0 spiro atoms. The van der Waals surface area contributed by atoms with E-state index in [1.54, 1.807) is 0 Å². The molecule has 0 radical (unpaired) electrons. The summed E-state index contributed by atoms with van der Waals surface area (Å²) in [6, 6.07) is 1.07. The standard InChI is InChI=1S/C9H15IN4/c1-6-3-7(5-13(6)2)14-9(11)8(10)4-12-14/h4,6-7H,3,5,11H2,1-2H3. The molecule has 2 heterocycles. The Morgan fingerprint density at radius 1 is 1.64 bits per heavy atom. The maximum Gasteiger partial charge on any atom is 0.135 e. The van der Waals surface area contributed by atoms with E-state index in [1.165, 1.54) is 0 Å². The van der Waals surface area contributed by atoms with Gasteiger partial charge in [-0.3, -0.25) is 0 Å². The minimum absolute atomic E-state index is 0.443. The van der Waals surface area contributed by atoms with E-state index in [0.717, 1.165) is 22.4 Å². The molecule has 1 saturated heterocycles. The van der Waals surface area contributed by atoms with Gasteiger partial charge in [-0.25, -0.2) is 4.68 Å². The fourth-order valence-corrected chi connectivity index (χ4v) is 2.35. The van der Waals surface area contributed by atoms with Gasteiger partial charge in [-0.05, 0) is 43.0 Å². The molecule has 0 amide bonds. The molecular weight excluding hydrogens is 291 g/mol. The van der Waals surface area contributed by atoms with Gasteiger partial charge in [-0.15, -0.1) is 0 Å². The van der Waals surface area contributed by atoms with Gasteiger partial charge in [0.1, 0.15) is 5.82 Å². The Balaban J connectivity index is 2.21. The maximum absolute atomic E-state index is 5.95. The normalized spacial score (nSPS) is 28.5. The van der Waals surface area contributed by atoms with Crippen molar-refractivity contribution in [1.82, 2.24) is 14.7 Å². The molecule has 1 aromatic rings. The lowest BCUT2D eigenvalue weighted by Gasteiger charge is -2.13. The molecule has 1 aliphatic heterocycles. The molecule has 14 heavy (non-hydrogen) atoms. The van der Waals surface area contributed by atoms with Crippen LogP contribution < -0.4 is 5.73 Å². The van der Waals surface area contributed by atoms with Crippen LogP contribution in [0.25, 0.3) is 0 Å². The molecular formula is C9H15IN4. The van der Waals surface area contributed by atoms with Gasteiger partial charge in [-0.1, -0.05) is 0 Å². The van der Waals surface area contributed by atoms with Crippen molar-refractivity contribution in [3.63, 3.8) is 0 Å². The molecule has 2 N–H and O–H groups in total. The molecule has 5 heteroatoms. The lowest BCUT2D eigenvalue weighted by atomic mass is 10.2. The number of hydrogen-bond acceptors (Lipinski definition) is 3. The van der Waals surface area contributed by atoms with Crippen molar-refractivity contribution in [1.29, 1.82) is 0 Å². The highest BCUT2D eigenvalue weighted by Gasteiger charge is 2.29. The van der Waals surface area contributed by atoms with Gasteiger partial charge in [0.05, 0.1) is 15.8 Å². The Kier molecular flexibility index (Phi) is 2.70. The van der Waals surface area contributed by atoms with E-state index < -0.39 is 0 Å². The Hall–Kier alpha value is -0.300. The topological polar surface area (TPSA) is 47.1 Å². The fourth-order valence-electron chi connectivity index (χ4n) is 1.98. The summed E-state index contributed by atoms with van der Waals surface area (Å²) in [6.07, 6.45) is 2.97. The Labute approximate surface area is 97.6 Å². The van der Waals surface area contributed by atoms with Crippen molar-refractivity contribution < 1.29 is 0 Å². The highest BCUT2D eigenvalue weighted by Crippen LogP contribution is 2.28. The summed E-state index contributed by atoms with van der Waals surface area (Å²) in [5.41, 5.74) is 5.95. The molecule has 4 nitrogen and oxygen atoms in total. The number of likely N-dealkylation sites (tertiary alicyclic amines) is 1. The van der Waals surface area contributed by atoms with Gasteiger partial charge >= 0.3 is 0 Å². The van der Waals surface area contributed by atoms with Crippen LogP contribution in [-0.4, -0.2) is 34.3 Å². The van der Waals surface area contributed by atoms with Crippen molar-refractivity contribution >= 4 is 28.4 Å². The van der Waals surface area contributed by atoms with Gasteiger partial charge < -0.3 is 10.6 Å². The van der Waals surface area contributed by atoms with Crippen LogP contribution in [0.1, 0.15) is 19.4 Å². The fraction of sp³-hybridized carbons (Fsp3) is 0.667. The summed E-state index contributed by atoms with van der Waals surface area (Å²) < 4.78 is 3.01. The zero-order chi connectivity index (χ0) is 10.3. The quantitative estimate of drug-likeness (QED) is 0.797. The number of rotatable bonds is 1. The first kappa shape index (κ1) is 10.2. The van der Waals surface area contributed by atoms with Crippen molar-refractivity contribution in [2.45, 2.75) is 25.4 Å². The summed E-state index contributed by atoms with van der Waals surface area (Å²) >= 11 is 2.22. The Morgan fingerprint density at radius 3 is 2.79 bits per heavy atom. The molecule has 1 aliphatic rings. The highest BCUT2D eigenvalue weighted by atomic mass is 127. The molecule has 1 fully saturated rings. The van der Waals surface area contributed by atoms with Crippen LogP contribution in [0.15, 0.2) is 6.20 Å². The average molecular weight is 306 g/mol. The average Bonchev–Trinajstić information content (AvgIpc) is 2.61. The third-order valence-corrected chi connectivity index (χ3v) is 3.83. The van der Waals surface area contributed by atoms with E-state index in [0.29, 0.717) is 12.1 Å². The lowest BCUT2D eigenvalue weighted by molar-refractivity contribution is 0.323. The van der Waals surface area contributed by atoms with E-state index in [2.05, 4.69) is 46.6 Å². The summed E-state index contributed by atoms with van der Waals surface area (Å²) in [7, 11) is 2.15. The van der Waals surface area contributed by atoms with Crippen LogP contribution in [0.5, 0.6) is 0 Å². The molecule has 2 atom stereocenters. The summed E-state index contributed by atoms with van der Waals surface area (Å²) in [4.78, 5) is 2.35. The van der Waals surface area contributed by atoms with E-state index in [4.69, 9.17) is 5.73 Å². The molecule has 0 saturated carbocycles. The van der Waals surface area contributed by atoms with E-state index in [9.17, 15) is 0 Å². The number of nitrogens with two attached hydrogens (primary N) is 1. The number of likely N-dealkylation sites (N-methyl/N-ethyl adjacent to an activating group) is 1. The second-order valence-electron chi connectivity index (χ2n) is 4.00. The van der Waals surface area contributed by atoms with Crippen LogP contribution in [0.3, 0.4) is 0 Å². The molecule has 2 unspecified atom stereocenters. The van der Waals surface area contributed by atoms with Gasteiger partial charge in [0, 0.05) is 12.6 Å². The molecule has 2 rings (SSSR count). The number of nitrogen functional groups attached to an aromatic ring is 1. The van der Waals surface area contributed by atoms with Crippen LogP contribution in [0.2, 0.25) is 0 Å². The molecule has 0 aromatic carbocycles. The number of nitrogens with zero attached hydrogens (tertiary/aromatic N) is 3. The minimum Gasteiger partial charge on any atom is -0.383 e. The van der Waals surface area contributed by atoms with E-state index in [1.807, 2.05) is 10.9 Å². The van der Waals surface area contributed by atoms with Crippen molar-refractivity contribution in [2.75, 3.05) is 19.3 Å². The van der Waals surface area contributed by atoms with Gasteiger partial charge in [-0.2, -0.15) is 5.10 Å². The second kappa shape index (κ2) is 3.69. The third kappa shape index (κ3) is 1.63. The summed E-state index contributed by atoms with van der Waals surface area (Å²) in [5.74, 6) is 0.804. The molecule has 1 aromatic heterocycles. The van der Waals surface area contributed by atoms with Crippen molar-refractivity contribution in [3.8, 4) is 0 Å². The van der Waals surface area contributed by atoms with Crippen molar-refractivity contribution in [2.24, 2.45) is 0 Å². The Morgan fingerprint density at radius 2 is 2.36 bits per heavy atom. The summed E-state index contributed by atoms with van der Waals surface area (Å²) in [6.45, 7) is 3.29.